The highest BCUT2D eigenvalue weighted by molar-refractivity contribution is 5.92. The molecule has 13 heavy (non-hydrogen) atoms. The quantitative estimate of drug-likeness (QED) is 0.470. The van der Waals surface area contributed by atoms with Gasteiger partial charge in [-0.2, -0.15) is 0 Å². The summed E-state index contributed by atoms with van der Waals surface area (Å²) >= 11 is 0. The van der Waals surface area contributed by atoms with Crippen LogP contribution in [0.1, 0.15) is 16.1 Å². The zero-order chi connectivity index (χ0) is 9.68. The van der Waals surface area contributed by atoms with Gasteiger partial charge in [-0.15, -0.1) is 0 Å². The maximum Gasteiger partial charge on any atom is 0.293 e. The Kier molecular flexibility index (Phi) is 2.77. The molecule has 1 rings (SSSR count). The molecule has 0 spiro atoms. The second-order valence-corrected chi connectivity index (χ2v) is 2.21. The summed E-state index contributed by atoms with van der Waals surface area (Å²) in [5.41, 5.74) is 5.61. The van der Waals surface area contributed by atoms with Gasteiger partial charge in [-0.05, 0) is 18.1 Å². The van der Waals surface area contributed by atoms with Crippen molar-refractivity contribution in [3.05, 3.63) is 29.6 Å². The first-order chi connectivity index (χ1) is 6.22. The predicted octanol–water partition coefficient (Wildman–Crippen LogP) is -0.269. The molecule has 4 nitrogen and oxygen atoms in total. The van der Waals surface area contributed by atoms with E-state index in [-0.39, 0.29) is 0 Å². The first-order valence-electron chi connectivity index (χ1n) is 3.45. The number of hydrogen-bond donors (Lipinski definition) is 1. The molecule has 0 atom stereocenters. The van der Waals surface area contributed by atoms with Gasteiger partial charge in [0.15, 0.2) is 0 Å². The zero-order valence-electron chi connectivity index (χ0n) is 6.65. The minimum atomic E-state index is -0.724. The molecule has 64 valence electrons. The van der Waals surface area contributed by atoms with E-state index in [1.165, 1.54) is 12.3 Å². The fourth-order valence-electron chi connectivity index (χ4n) is 0.714. The summed E-state index contributed by atoms with van der Waals surface area (Å²) in [5.74, 6) is 3.82. The van der Waals surface area contributed by atoms with Crippen LogP contribution in [0, 0.1) is 11.8 Å². The number of aldehydes is 1. The monoisotopic (exact) mass is 174 g/mol. The highest BCUT2D eigenvalue weighted by Gasteiger charge is 1.92. The predicted molar refractivity (Wildman–Crippen MR) is 45.7 cm³/mol. The lowest BCUT2D eigenvalue weighted by molar-refractivity contribution is -0.112. The molecule has 0 aromatic carbocycles. The molecule has 1 amide bonds. The number of hydrogen-bond acceptors (Lipinski definition) is 3. The number of nitrogens with two attached hydrogens (primary N) is 1. The van der Waals surface area contributed by atoms with Crippen molar-refractivity contribution in [1.29, 1.82) is 0 Å². The minimum Gasteiger partial charge on any atom is -0.359 e. The first kappa shape index (κ1) is 8.94. The van der Waals surface area contributed by atoms with E-state index in [2.05, 4.69) is 16.8 Å². The Hall–Kier alpha value is -2.15. The molecule has 1 heterocycles. The third-order valence-corrected chi connectivity index (χ3v) is 1.23. The third kappa shape index (κ3) is 2.75. The topological polar surface area (TPSA) is 73.1 Å². The molecule has 0 aliphatic rings. The Bertz CT molecular complexity index is 402. The van der Waals surface area contributed by atoms with E-state index in [9.17, 15) is 9.59 Å². The fourth-order valence-corrected chi connectivity index (χ4v) is 0.714. The number of carbonyl (C=O) groups excluding carboxylic acids is 2. The molecular weight excluding hydrogens is 168 g/mol. The van der Waals surface area contributed by atoms with E-state index in [0.717, 1.165) is 0 Å². The first-order valence-corrected chi connectivity index (χ1v) is 3.45. The number of amides is 1. The largest absolute Gasteiger partial charge is 0.359 e. The third-order valence-electron chi connectivity index (χ3n) is 1.23. The standard InChI is InChI=1S/C9H6N2O2/c10-9(13)2-1-8-5-7(6-12)3-4-11-8/h3-6H,(H2,10,13). The van der Waals surface area contributed by atoms with E-state index < -0.39 is 5.91 Å². The van der Waals surface area contributed by atoms with Gasteiger partial charge in [0, 0.05) is 17.7 Å². The summed E-state index contributed by atoms with van der Waals surface area (Å²) < 4.78 is 0. The van der Waals surface area contributed by atoms with E-state index in [1.807, 2.05) is 0 Å². The van der Waals surface area contributed by atoms with Gasteiger partial charge in [0.25, 0.3) is 5.91 Å². The van der Waals surface area contributed by atoms with Crippen LogP contribution in [-0.4, -0.2) is 17.2 Å². The van der Waals surface area contributed by atoms with Gasteiger partial charge in [-0.3, -0.25) is 9.59 Å². The summed E-state index contributed by atoms with van der Waals surface area (Å²) in [5, 5.41) is 0. The minimum absolute atomic E-state index is 0.350. The Morgan fingerprint density at radius 3 is 3.00 bits per heavy atom. The van der Waals surface area contributed by atoms with Crippen LogP contribution < -0.4 is 5.73 Å². The smallest absolute Gasteiger partial charge is 0.293 e. The van der Waals surface area contributed by atoms with Gasteiger partial charge in [-0.1, -0.05) is 0 Å². The van der Waals surface area contributed by atoms with Gasteiger partial charge in [-0.25, -0.2) is 4.98 Å². The number of rotatable bonds is 1. The molecular formula is C9H6N2O2. The van der Waals surface area contributed by atoms with Crippen LogP contribution in [0.15, 0.2) is 18.3 Å². The molecule has 0 aliphatic carbocycles. The zero-order valence-corrected chi connectivity index (χ0v) is 6.65. The Labute approximate surface area is 74.8 Å². The molecule has 0 aliphatic heterocycles. The van der Waals surface area contributed by atoms with E-state index in [0.29, 0.717) is 17.5 Å². The average Bonchev–Trinajstić information content (AvgIpc) is 2.15. The van der Waals surface area contributed by atoms with Gasteiger partial charge in [0.05, 0.1) is 0 Å². The summed E-state index contributed by atoms with van der Waals surface area (Å²) in [4.78, 5) is 24.4. The fraction of sp³-hybridized carbons (Fsp3) is 0. The number of nitrogens with zero attached hydrogens (tertiary/aromatic N) is 1. The normalized spacial score (nSPS) is 8.31. The Balaban J connectivity index is 2.98. The van der Waals surface area contributed by atoms with Crippen LogP contribution in [0.4, 0.5) is 0 Å². The summed E-state index contributed by atoms with van der Waals surface area (Å²) in [6, 6.07) is 3.02. The molecule has 0 bridgehead atoms. The van der Waals surface area contributed by atoms with Crippen LogP contribution in [0.3, 0.4) is 0 Å². The van der Waals surface area contributed by atoms with Crippen molar-refractivity contribution in [1.82, 2.24) is 4.98 Å². The van der Waals surface area contributed by atoms with E-state index in [4.69, 9.17) is 5.73 Å². The molecule has 4 heteroatoms. The average molecular weight is 174 g/mol. The van der Waals surface area contributed by atoms with Crippen molar-refractivity contribution in [2.45, 2.75) is 0 Å². The summed E-state index contributed by atoms with van der Waals surface area (Å²) in [7, 11) is 0. The maximum absolute atomic E-state index is 10.3. The molecule has 0 saturated heterocycles. The highest BCUT2D eigenvalue weighted by atomic mass is 16.1. The maximum atomic E-state index is 10.3. The number of carbonyl (C=O) groups is 2. The van der Waals surface area contributed by atoms with Crippen LogP contribution in [0.2, 0.25) is 0 Å². The summed E-state index contributed by atoms with van der Waals surface area (Å²) in [6.45, 7) is 0. The molecule has 2 N–H and O–H groups in total. The second kappa shape index (κ2) is 4.02. The summed E-state index contributed by atoms with van der Waals surface area (Å²) in [6.07, 6.45) is 2.12. The SMILES string of the molecule is NC(=O)C#Cc1cc(C=O)ccn1. The van der Waals surface area contributed by atoms with Gasteiger partial charge >= 0.3 is 0 Å². The van der Waals surface area contributed by atoms with Crippen molar-refractivity contribution >= 4 is 12.2 Å². The van der Waals surface area contributed by atoms with Crippen molar-refractivity contribution in [2.75, 3.05) is 0 Å². The number of primary amides is 1. The second-order valence-electron chi connectivity index (χ2n) is 2.21. The van der Waals surface area contributed by atoms with Gasteiger partial charge in [0.1, 0.15) is 12.0 Å². The lowest BCUT2D eigenvalue weighted by Crippen LogP contribution is -2.06. The Morgan fingerprint density at radius 1 is 1.62 bits per heavy atom. The molecule has 0 radical (unpaired) electrons. The van der Waals surface area contributed by atoms with Crippen LogP contribution in [0.5, 0.6) is 0 Å². The van der Waals surface area contributed by atoms with Crippen LogP contribution in [0.25, 0.3) is 0 Å². The van der Waals surface area contributed by atoms with Crippen molar-refractivity contribution in [3.63, 3.8) is 0 Å². The number of aromatic nitrogens is 1. The molecule has 1 aromatic heterocycles. The molecule has 1 aromatic rings. The van der Waals surface area contributed by atoms with Crippen LogP contribution in [-0.2, 0) is 4.79 Å². The molecule has 0 fully saturated rings. The lowest BCUT2D eigenvalue weighted by atomic mass is 10.2. The van der Waals surface area contributed by atoms with Gasteiger partial charge in [0.2, 0.25) is 0 Å². The van der Waals surface area contributed by atoms with Crippen molar-refractivity contribution < 1.29 is 9.59 Å². The highest BCUT2D eigenvalue weighted by Crippen LogP contribution is 1.96. The molecule has 0 saturated carbocycles. The Morgan fingerprint density at radius 2 is 2.38 bits per heavy atom. The van der Waals surface area contributed by atoms with Gasteiger partial charge < -0.3 is 5.73 Å². The lowest BCUT2D eigenvalue weighted by Gasteiger charge is -1.89. The number of pyridine rings is 1. The molecule has 0 unspecified atom stereocenters. The van der Waals surface area contributed by atoms with E-state index in [1.54, 1.807) is 6.07 Å². The van der Waals surface area contributed by atoms with Crippen molar-refractivity contribution in [3.8, 4) is 11.8 Å². The van der Waals surface area contributed by atoms with Crippen molar-refractivity contribution in [2.24, 2.45) is 5.73 Å². The van der Waals surface area contributed by atoms with E-state index >= 15 is 0 Å². The van der Waals surface area contributed by atoms with Crippen LogP contribution >= 0.6 is 0 Å².